The summed E-state index contributed by atoms with van der Waals surface area (Å²) in [5.41, 5.74) is 1.28. The molecule has 0 radical (unpaired) electrons. The highest BCUT2D eigenvalue weighted by Gasteiger charge is 2.02. The minimum absolute atomic E-state index is 0.555. The molecule has 2 rings (SSSR count). The average Bonchev–Trinajstić information content (AvgIpc) is 2.35. The highest BCUT2D eigenvalue weighted by Crippen LogP contribution is 2.16. The SMILES string of the molecule is CCC(C)NCc1cncc2ccccc12. The van der Waals surface area contributed by atoms with E-state index in [1.54, 1.807) is 0 Å². The Balaban J connectivity index is 2.23. The van der Waals surface area contributed by atoms with Crippen LogP contribution in [0.2, 0.25) is 0 Å². The summed E-state index contributed by atoms with van der Waals surface area (Å²) in [7, 11) is 0. The highest BCUT2D eigenvalue weighted by molar-refractivity contribution is 5.84. The van der Waals surface area contributed by atoms with Crippen LogP contribution in [0.25, 0.3) is 10.8 Å². The van der Waals surface area contributed by atoms with Crippen LogP contribution in [0.3, 0.4) is 0 Å². The Kier molecular flexibility index (Phi) is 3.52. The number of rotatable bonds is 4. The summed E-state index contributed by atoms with van der Waals surface area (Å²) >= 11 is 0. The maximum absolute atomic E-state index is 4.28. The Labute approximate surface area is 96.7 Å². The molecular weight excluding hydrogens is 196 g/mol. The van der Waals surface area contributed by atoms with Crippen molar-refractivity contribution in [1.82, 2.24) is 10.3 Å². The molecule has 0 spiro atoms. The number of aromatic nitrogens is 1. The maximum atomic E-state index is 4.28. The topological polar surface area (TPSA) is 24.9 Å². The molecule has 1 aromatic heterocycles. The first-order valence-electron chi connectivity index (χ1n) is 5.86. The van der Waals surface area contributed by atoms with Crippen LogP contribution in [-0.4, -0.2) is 11.0 Å². The van der Waals surface area contributed by atoms with Crippen LogP contribution >= 0.6 is 0 Å². The molecule has 1 unspecified atom stereocenters. The standard InChI is InChI=1S/C14H18N2/c1-3-11(2)16-10-13-9-15-8-12-6-4-5-7-14(12)13/h4-9,11,16H,3,10H2,1-2H3. The Morgan fingerprint density at radius 2 is 2.06 bits per heavy atom. The zero-order chi connectivity index (χ0) is 11.4. The lowest BCUT2D eigenvalue weighted by Crippen LogP contribution is -2.24. The molecule has 84 valence electrons. The van der Waals surface area contributed by atoms with E-state index in [9.17, 15) is 0 Å². The van der Waals surface area contributed by atoms with Gasteiger partial charge in [-0.05, 0) is 24.3 Å². The molecule has 0 bridgehead atoms. The van der Waals surface area contributed by atoms with Crippen molar-refractivity contribution in [2.45, 2.75) is 32.9 Å². The van der Waals surface area contributed by atoms with Gasteiger partial charge in [0.2, 0.25) is 0 Å². The van der Waals surface area contributed by atoms with Crippen molar-refractivity contribution in [3.05, 3.63) is 42.2 Å². The summed E-state index contributed by atoms with van der Waals surface area (Å²) in [5.74, 6) is 0. The fraction of sp³-hybridized carbons (Fsp3) is 0.357. The minimum atomic E-state index is 0.555. The van der Waals surface area contributed by atoms with Crippen LogP contribution < -0.4 is 5.32 Å². The van der Waals surface area contributed by atoms with Gasteiger partial charge in [-0.25, -0.2) is 0 Å². The van der Waals surface area contributed by atoms with Crippen molar-refractivity contribution < 1.29 is 0 Å². The fourth-order valence-electron chi connectivity index (χ4n) is 1.75. The summed E-state index contributed by atoms with van der Waals surface area (Å²) in [6, 6.07) is 8.95. The second-order valence-electron chi connectivity index (χ2n) is 4.21. The van der Waals surface area contributed by atoms with Gasteiger partial charge in [0.15, 0.2) is 0 Å². The Hall–Kier alpha value is -1.41. The van der Waals surface area contributed by atoms with E-state index in [-0.39, 0.29) is 0 Å². The van der Waals surface area contributed by atoms with Gasteiger partial charge < -0.3 is 5.32 Å². The molecule has 16 heavy (non-hydrogen) atoms. The van der Waals surface area contributed by atoms with E-state index in [0.29, 0.717) is 6.04 Å². The van der Waals surface area contributed by atoms with Crippen LogP contribution in [0.1, 0.15) is 25.8 Å². The second-order valence-corrected chi connectivity index (χ2v) is 4.21. The number of benzene rings is 1. The second kappa shape index (κ2) is 5.08. The first-order chi connectivity index (χ1) is 7.81. The molecule has 1 atom stereocenters. The van der Waals surface area contributed by atoms with E-state index >= 15 is 0 Å². The van der Waals surface area contributed by atoms with Crippen LogP contribution in [0.15, 0.2) is 36.7 Å². The van der Waals surface area contributed by atoms with Gasteiger partial charge in [0.1, 0.15) is 0 Å². The molecule has 2 nitrogen and oxygen atoms in total. The molecule has 0 saturated heterocycles. The van der Waals surface area contributed by atoms with Gasteiger partial charge in [-0.1, -0.05) is 31.2 Å². The number of nitrogens with zero attached hydrogens (tertiary/aromatic N) is 1. The number of hydrogen-bond acceptors (Lipinski definition) is 2. The van der Waals surface area contributed by atoms with Crippen LogP contribution in [0.5, 0.6) is 0 Å². The molecule has 2 aromatic rings. The van der Waals surface area contributed by atoms with Gasteiger partial charge >= 0.3 is 0 Å². The number of fused-ring (bicyclic) bond motifs is 1. The number of nitrogens with one attached hydrogen (secondary N) is 1. The molecule has 0 aliphatic rings. The van der Waals surface area contributed by atoms with Crippen LogP contribution in [0, 0.1) is 0 Å². The average molecular weight is 214 g/mol. The third-order valence-electron chi connectivity index (χ3n) is 3.00. The summed E-state index contributed by atoms with van der Waals surface area (Å²) in [6.45, 7) is 5.29. The zero-order valence-electron chi connectivity index (χ0n) is 9.90. The van der Waals surface area contributed by atoms with Crippen LogP contribution in [0.4, 0.5) is 0 Å². The molecule has 1 heterocycles. The first kappa shape index (κ1) is 11.1. The lowest BCUT2D eigenvalue weighted by Gasteiger charge is -2.12. The van der Waals surface area contributed by atoms with Crippen LogP contribution in [-0.2, 0) is 6.54 Å². The third kappa shape index (κ3) is 2.39. The predicted molar refractivity (Wildman–Crippen MR) is 68.3 cm³/mol. The van der Waals surface area contributed by atoms with E-state index in [1.807, 2.05) is 12.4 Å². The normalized spacial score (nSPS) is 12.9. The van der Waals surface area contributed by atoms with Gasteiger partial charge in [-0.3, -0.25) is 4.98 Å². The zero-order valence-corrected chi connectivity index (χ0v) is 9.90. The molecule has 0 fully saturated rings. The summed E-state index contributed by atoms with van der Waals surface area (Å²) in [4.78, 5) is 4.28. The monoisotopic (exact) mass is 214 g/mol. The van der Waals surface area contributed by atoms with E-state index in [1.165, 1.54) is 16.3 Å². The molecular formula is C14H18N2. The lowest BCUT2D eigenvalue weighted by molar-refractivity contribution is 0.535. The minimum Gasteiger partial charge on any atom is -0.310 e. The lowest BCUT2D eigenvalue weighted by atomic mass is 10.1. The van der Waals surface area contributed by atoms with E-state index in [2.05, 4.69) is 48.4 Å². The molecule has 1 N–H and O–H groups in total. The van der Waals surface area contributed by atoms with Gasteiger partial charge in [0.05, 0.1) is 0 Å². The van der Waals surface area contributed by atoms with E-state index in [4.69, 9.17) is 0 Å². The Morgan fingerprint density at radius 3 is 2.88 bits per heavy atom. The molecule has 0 amide bonds. The molecule has 1 aromatic carbocycles. The summed E-state index contributed by atoms with van der Waals surface area (Å²) in [6.07, 6.45) is 5.03. The van der Waals surface area contributed by atoms with Crippen molar-refractivity contribution in [3.63, 3.8) is 0 Å². The Bertz CT molecular complexity index is 460. The number of pyridine rings is 1. The van der Waals surface area contributed by atoms with Gasteiger partial charge in [0, 0.05) is 30.4 Å². The van der Waals surface area contributed by atoms with Crippen molar-refractivity contribution in [1.29, 1.82) is 0 Å². The van der Waals surface area contributed by atoms with Gasteiger partial charge in [-0.2, -0.15) is 0 Å². The number of hydrogen-bond donors (Lipinski definition) is 1. The first-order valence-corrected chi connectivity index (χ1v) is 5.86. The molecule has 0 saturated carbocycles. The molecule has 0 aliphatic heterocycles. The summed E-state index contributed by atoms with van der Waals surface area (Å²) < 4.78 is 0. The largest absolute Gasteiger partial charge is 0.310 e. The van der Waals surface area contributed by atoms with Crippen molar-refractivity contribution in [2.75, 3.05) is 0 Å². The maximum Gasteiger partial charge on any atom is 0.0346 e. The highest BCUT2D eigenvalue weighted by atomic mass is 14.9. The van der Waals surface area contributed by atoms with Crippen molar-refractivity contribution in [3.8, 4) is 0 Å². The van der Waals surface area contributed by atoms with Gasteiger partial charge in [0.25, 0.3) is 0 Å². The van der Waals surface area contributed by atoms with E-state index in [0.717, 1.165) is 13.0 Å². The van der Waals surface area contributed by atoms with Crippen molar-refractivity contribution in [2.24, 2.45) is 0 Å². The van der Waals surface area contributed by atoms with E-state index < -0.39 is 0 Å². The van der Waals surface area contributed by atoms with Crippen molar-refractivity contribution >= 4 is 10.8 Å². The molecule has 0 aliphatic carbocycles. The predicted octanol–water partition coefficient (Wildman–Crippen LogP) is 3.12. The smallest absolute Gasteiger partial charge is 0.0346 e. The summed E-state index contributed by atoms with van der Waals surface area (Å²) in [5, 5.41) is 6.01. The Morgan fingerprint density at radius 1 is 1.25 bits per heavy atom. The quantitative estimate of drug-likeness (QED) is 0.845. The van der Waals surface area contributed by atoms with Gasteiger partial charge in [-0.15, -0.1) is 0 Å². The third-order valence-corrected chi connectivity index (χ3v) is 3.00. The fourth-order valence-corrected chi connectivity index (χ4v) is 1.75. The molecule has 2 heteroatoms.